The second kappa shape index (κ2) is 7.99. The van der Waals surface area contributed by atoms with Crippen LogP contribution < -0.4 is 0 Å². The van der Waals surface area contributed by atoms with E-state index in [1.165, 1.54) is 12.8 Å². The molecule has 0 spiro atoms. The fraction of sp³-hybridized carbons (Fsp3) is 0.550. The van der Waals surface area contributed by atoms with E-state index in [9.17, 15) is 4.79 Å². The third kappa shape index (κ3) is 3.96. The predicted molar refractivity (Wildman–Crippen MR) is 96.1 cm³/mol. The molecule has 2 heterocycles. The van der Waals surface area contributed by atoms with Gasteiger partial charge in [-0.05, 0) is 25.7 Å². The number of amides is 1. The Bertz CT molecular complexity index is 725. The Balaban J connectivity index is 1.30. The van der Waals surface area contributed by atoms with Crippen LogP contribution in [0.4, 0.5) is 0 Å². The number of aromatic nitrogens is 2. The van der Waals surface area contributed by atoms with E-state index < -0.39 is 0 Å². The number of carbonyl (C=O) groups excluding carboxylic acids is 1. The fourth-order valence-corrected chi connectivity index (χ4v) is 3.91. The van der Waals surface area contributed by atoms with Crippen LogP contribution in [0.3, 0.4) is 0 Å². The third-order valence-electron chi connectivity index (χ3n) is 5.34. The lowest BCUT2D eigenvalue weighted by molar-refractivity contribution is -0.140. The first-order valence-electron chi connectivity index (χ1n) is 9.58. The number of hydrogen-bond acceptors (Lipinski definition) is 5. The third-order valence-corrected chi connectivity index (χ3v) is 5.34. The van der Waals surface area contributed by atoms with Crippen LogP contribution in [0.5, 0.6) is 0 Å². The van der Waals surface area contributed by atoms with Crippen molar-refractivity contribution in [3.8, 4) is 11.4 Å². The summed E-state index contributed by atoms with van der Waals surface area (Å²) in [7, 11) is 0. The molecule has 1 saturated heterocycles. The molecule has 1 amide bonds. The predicted octanol–water partition coefficient (Wildman–Crippen LogP) is 3.43. The minimum atomic E-state index is 0.0428. The molecule has 0 bridgehead atoms. The van der Waals surface area contributed by atoms with Crippen molar-refractivity contribution in [3.63, 3.8) is 0 Å². The van der Waals surface area contributed by atoms with Crippen molar-refractivity contribution in [2.75, 3.05) is 13.1 Å². The van der Waals surface area contributed by atoms with Crippen molar-refractivity contribution in [2.45, 2.75) is 51.2 Å². The molecule has 6 nitrogen and oxygen atoms in total. The van der Waals surface area contributed by atoms with Gasteiger partial charge in [-0.3, -0.25) is 4.79 Å². The Kier molecular flexibility index (Phi) is 5.29. The van der Waals surface area contributed by atoms with Crippen LogP contribution in [0.2, 0.25) is 0 Å². The van der Waals surface area contributed by atoms with Crippen LogP contribution >= 0.6 is 0 Å². The summed E-state index contributed by atoms with van der Waals surface area (Å²) in [6.45, 7) is 1.82. The number of likely N-dealkylation sites (tertiary alicyclic amines) is 1. The molecule has 4 rings (SSSR count). The zero-order chi connectivity index (χ0) is 17.8. The molecule has 0 radical (unpaired) electrons. The molecule has 1 aromatic heterocycles. The van der Waals surface area contributed by atoms with E-state index in [1.54, 1.807) is 0 Å². The summed E-state index contributed by atoms with van der Waals surface area (Å²) in [5, 5.41) is 4.02. The van der Waals surface area contributed by atoms with Gasteiger partial charge in [0.15, 0.2) is 0 Å². The number of benzene rings is 1. The van der Waals surface area contributed by atoms with Gasteiger partial charge in [-0.1, -0.05) is 48.3 Å². The molecular formula is C20H25N3O3. The quantitative estimate of drug-likeness (QED) is 0.822. The van der Waals surface area contributed by atoms with Crippen LogP contribution in [-0.2, 0) is 16.1 Å². The molecule has 1 aliphatic heterocycles. The number of ether oxygens (including phenoxy) is 1. The SMILES string of the molecule is O=C(C1CCCC1)N1CCCC(OCc2nc(-c3ccccc3)no2)C1. The van der Waals surface area contributed by atoms with Gasteiger partial charge in [0.05, 0.1) is 6.10 Å². The van der Waals surface area contributed by atoms with Crippen LogP contribution in [0.25, 0.3) is 11.4 Å². The lowest BCUT2D eigenvalue weighted by Gasteiger charge is -2.34. The number of rotatable bonds is 5. The normalized spacial score (nSPS) is 21.2. The van der Waals surface area contributed by atoms with E-state index >= 15 is 0 Å². The molecule has 1 aromatic carbocycles. The first-order valence-corrected chi connectivity index (χ1v) is 9.58. The molecule has 1 saturated carbocycles. The summed E-state index contributed by atoms with van der Waals surface area (Å²) in [6.07, 6.45) is 6.46. The minimum absolute atomic E-state index is 0.0428. The molecule has 2 aliphatic rings. The molecule has 138 valence electrons. The second-order valence-corrected chi connectivity index (χ2v) is 7.22. The van der Waals surface area contributed by atoms with Crippen LogP contribution in [0.1, 0.15) is 44.4 Å². The van der Waals surface area contributed by atoms with E-state index in [4.69, 9.17) is 9.26 Å². The Morgan fingerprint density at radius 2 is 1.96 bits per heavy atom. The fourth-order valence-electron chi connectivity index (χ4n) is 3.91. The largest absolute Gasteiger partial charge is 0.367 e. The average Bonchev–Trinajstić information content (AvgIpc) is 3.39. The van der Waals surface area contributed by atoms with E-state index in [2.05, 4.69) is 10.1 Å². The first-order chi connectivity index (χ1) is 12.8. The topological polar surface area (TPSA) is 68.5 Å². The highest BCUT2D eigenvalue weighted by Crippen LogP contribution is 2.28. The van der Waals surface area contributed by atoms with Gasteiger partial charge < -0.3 is 14.2 Å². The highest BCUT2D eigenvalue weighted by Gasteiger charge is 2.31. The standard InChI is InChI=1S/C20H25N3O3/c24-20(16-9-4-5-10-16)23-12-6-11-17(13-23)25-14-18-21-19(22-26-18)15-7-2-1-3-8-15/h1-3,7-8,16-17H,4-6,9-14H2. The lowest BCUT2D eigenvalue weighted by atomic mass is 10.0. The summed E-state index contributed by atoms with van der Waals surface area (Å²) in [4.78, 5) is 19.0. The van der Waals surface area contributed by atoms with Gasteiger partial charge in [-0.15, -0.1) is 0 Å². The van der Waals surface area contributed by atoms with Crippen molar-refractivity contribution in [2.24, 2.45) is 5.92 Å². The minimum Gasteiger partial charge on any atom is -0.367 e. The molecule has 26 heavy (non-hydrogen) atoms. The summed E-state index contributed by atoms with van der Waals surface area (Å²) >= 11 is 0. The highest BCUT2D eigenvalue weighted by molar-refractivity contribution is 5.79. The molecular weight excluding hydrogens is 330 g/mol. The van der Waals surface area contributed by atoms with Gasteiger partial charge in [-0.25, -0.2) is 0 Å². The van der Waals surface area contributed by atoms with Gasteiger partial charge >= 0.3 is 0 Å². The lowest BCUT2D eigenvalue weighted by Crippen LogP contribution is -2.45. The van der Waals surface area contributed by atoms with E-state index in [0.717, 1.165) is 37.8 Å². The molecule has 1 unspecified atom stereocenters. The Hall–Kier alpha value is -2.21. The monoisotopic (exact) mass is 355 g/mol. The summed E-state index contributed by atoms with van der Waals surface area (Å²) in [5.41, 5.74) is 0.925. The van der Waals surface area contributed by atoms with Crippen molar-refractivity contribution in [3.05, 3.63) is 36.2 Å². The van der Waals surface area contributed by atoms with Crippen LogP contribution in [0, 0.1) is 5.92 Å². The van der Waals surface area contributed by atoms with Crippen molar-refractivity contribution >= 4 is 5.91 Å². The average molecular weight is 355 g/mol. The van der Waals surface area contributed by atoms with Gasteiger partial charge in [-0.2, -0.15) is 4.98 Å². The number of piperidine rings is 1. The Morgan fingerprint density at radius 3 is 2.77 bits per heavy atom. The molecule has 2 aromatic rings. The number of hydrogen-bond donors (Lipinski definition) is 0. The Morgan fingerprint density at radius 1 is 1.15 bits per heavy atom. The van der Waals surface area contributed by atoms with Crippen molar-refractivity contribution in [1.29, 1.82) is 0 Å². The van der Waals surface area contributed by atoms with E-state index in [-0.39, 0.29) is 18.6 Å². The van der Waals surface area contributed by atoms with Crippen molar-refractivity contribution < 1.29 is 14.1 Å². The molecule has 1 aliphatic carbocycles. The molecule has 1 atom stereocenters. The van der Waals surface area contributed by atoms with Crippen LogP contribution in [-0.4, -0.2) is 40.1 Å². The highest BCUT2D eigenvalue weighted by atomic mass is 16.5. The maximum absolute atomic E-state index is 12.6. The zero-order valence-electron chi connectivity index (χ0n) is 15.0. The molecule has 6 heteroatoms. The summed E-state index contributed by atoms with van der Waals surface area (Å²) < 4.78 is 11.3. The molecule has 0 N–H and O–H groups in total. The van der Waals surface area contributed by atoms with Crippen LogP contribution in [0.15, 0.2) is 34.9 Å². The van der Waals surface area contributed by atoms with Gasteiger partial charge in [0, 0.05) is 24.6 Å². The van der Waals surface area contributed by atoms with E-state index in [1.807, 2.05) is 35.2 Å². The maximum atomic E-state index is 12.6. The zero-order valence-corrected chi connectivity index (χ0v) is 15.0. The van der Waals surface area contributed by atoms with Gasteiger partial charge in [0.1, 0.15) is 6.61 Å². The molecule has 2 fully saturated rings. The van der Waals surface area contributed by atoms with Gasteiger partial charge in [0.25, 0.3) is 5.89 Å². The summed E-state index contributed by atoms with van der Waals surface area (Å²) in [5.74, 6) is 1.60. The van der Waals surface area contributed by atoms with Gasteiger partial charge in [0.2, 0.25) is 11.7 Å². The van der Waals surface area contributed by atoms with E-state index in [0.29, 0.717) is 24.2 Å². The van der Waals surface area contributed by atoms with Crippen molar-refractivity contribution in [1.82, 2.24) is 15.0 Å². The number of nitrogens with zero attached hydrogens (tertiary/aromatic N) is 3. The smallest absolute Gasteiger partial charge is 0.252 e. The second-order valence-electron chi connectivity index (χ2n) is 7.22. The first kappa shape index (κ1) is 17.2. The number of carbonyl (C=O) groups is 1. The summed E-state index contributed by atoms with van der Waals surface area (Å²) in [6, 6.07) is 9.74. The maximum Gasteiger partial charge on any atom is 0.252 e. The Labute approximate surface area is 153 Å².